The molecule has 3 nitrogen and oxygen atoms in total. The maximum atomic E-state index is 5.49. The summed E-state index contributed by atoms with van der Waals surface area (Å²) in [6.45, 7) is 8.43. The van der Waals surface area contributed by atoms with E-state index in [1.54, 1.807) is 7.11 Å². The van der Waals surface area contributed by atoms with Crippen LogP contribution in [0.25, 0.3) is 0 Å². The van der Waals surface area contributed by atoms with Crippen molar-refractivity contribution in [3.8, 4) is 5.75 Å². The highest BCUT2D eigenvalue weighted by molar-refractivity contribution is 5.38. The molecule has 1 aromatic rings. The maximum Gasteiger partial charge on any atom is 0.123 e. The molecule has 2 rings (SSSR count). The highest BCUT2D eigenvalue weighted by Crippen LogP contribution is 2.28. The number of nitrogens with one attached hydrogen (secondary N) is 1. The Balaban J connectivity index is 2.03. The zero-order valence-corrected chi connectivity index (χ0v) is 13.1. The predicted octanol–water partition coefficient (Wildman–Crippen LogP) is 3.47. The molecular formula is C17H27NO2. The molecule has 1 saturated heterocycles. The Morgan fingerprint density at radius 2 is 1.95 bits per heavy atom. The monoisotopic (exact) mass is 277 g/mol. The van der Waals surface area contributed by atoms with Crippen molar-refractivity contribution < 1.29 is 9.47 Å². The molecular weight excluding hydrogens is 250 g/mol. The van der Waals surface area contributed by atoms with Crippen LogP contribution in [0.5, 0.6) is 5.75 Å². The van der Waals surface area contributed by atoms with Gasteiger partial charge in [0.1, 0.15) is 5.75 Å². The van der Waals surface area contributed by atoms with E-state index in [1.807, 2.05) is 0 Å². The molecule has 0 amide bonds. The second kappa shape index (κ2) is 7.09. The number of hydrogen-bond acceptors (Lipinski definition) is 3. The van der Waals surface area contributed by atoms with E-state index in [9.17, 15) is 0 Å². The van der Waals surface area contributed by atoms with Crippen LogP contribution in [0.15, 0.2) is 18.2 Å². The maximum absolute atomic E-state index is 5.49. The fraction of sp³-hybridized carbons (Fsp3) is 0.647. The third kappa shape index (κ3) is 3.74. The summed E-state index contributed by atoms with van der Waals surface area (Å²) in [7, 11) is 1.74. The average Bonchev–Trinajstić information content (AvgIpc) is 2.48. The van der Waals surface area contributed by atoms with Crippen LogP contribution >= 0.6 is 0 Å². The number of rotatable bonds is 5. The molecule has 20 heavy (non-hydrogen) atoms. The van der Waals surface area contributed by atoms with E-state index in [0.717, 1.165) is 31.8 Å². The standard InChI is InChI=1S/C17H27NO2/c1-12-5-6-17(19-4)16(11-12)14(3)18-13(2)15-7-9-20-10-8-15/h5-6,11,13-15,18H,7-10H2,1-4H3. The van der Waals surface area contributed by atoms with Gasteiger partial charge in [0.2, 0.25) is 0 Å². The number of benzene rings is 1. The van der Waals surface area contributed by atoms with Crippen LogP contribution in [0.2, 0.25) is 0 Å². The molecule has 1 heterocycles. The van der Waals surface area contributed by atoms with Crippen molar-refractivity contribution in [1.29, 1.82) is 0 Å². The predicted molar refractivity (Wildman–Crippen MR) is 82.3 cm³/mol. The van der Waals surface area contributed by atoms with Gasteiger partial charge in [-0.2, -0.15) is 0 Å². The highest BCUT2D eigenvalue weighted by atomic mass is 16.5. The summed E-state index contributed by atoms with van der Waals surface area (Å²) in [5.41, 5.74) is 2.51. The summed E-state index contributed by atoms with van der Waals surface area (Å²) < 4.78 is 10.9. The molecule has 2 unspecified atom stereocenters. The molecule has 1 N–H and O–H groups in total. The lowest BCUT2D eigenvalue weighted by molar-refractivity contribution is 0.0546. The molecule has 0 bridgehead atoms. The van der Waals surface area contributed by atoms with Crippen molar-refractivity contribution in [3.05, 3.63) is 29.3 Å². The smallest absolute Gasteiger partial charge is 0.123 e. The Morgan fingerprint density at radius 3 is 2.60 bits per heavy atom. The minimum Gasteiger partial charge on any atom is -0.496 e. The summed E-state index contributed by atoms with van der Waals surface area (Å²) in [5, 5.41) is 3.73. The van der Waals surface area contributed by atoms with Crippen molar-refractivity contribution in [2.75, 3.05) is 20.3 Å². The lowest BCUT2D eigenvalue weighted by Crippen LogP contribution is -2.38. The number of hydrogen-bond donors (Lipinski definition) is 1. The van der Waals surface area contributed by atoms with Crippen molar-refractivity contribution in [3.63, 3.8) is 0 Å². The summed E-state index contributed by atoms with van der Waals surface area (Å²) in [6.07, 6.45) is 2.32. The number of methoxy groups -OCH3 is 1. The minimum absolute atomic E-state index is 0.294. The minimum atomic E-state index is 0.294. The van der Waals surface area contributed by atoms with E-state index in [4.69, 9.17) is 9.47 Å². The third-order valence-electron chi connectivity index (χ3n) is 4.34. The molecule has 1 fully saturated rings. The molecule has 2 atom stereocenters. The lowest BCUT2D eigenvalue weighted by atomic mass is 9.91. The Kier molecular flexibility index (Phi) is 5.44. The van der Waals surface area contributed by atoms with Crippen molar-refractivity contribution in [1.82, 2.24) is 5.32 Å². The second-order valence-corrected chi connectivity index (χ2v) is 5.87. The number of ether oxygens (including phenoxy) is 2. The van der Waals surface area contributed by atoms with E-state index >= 15 is 0 Å². The van der Waals surface area contributed by atoms with Gasteiger partial charge in [0.05, 0.1) is 7.11 Å². The van der Waals surface area contributed by atoms with Gasteiger partial charge < -0.3 is 14.8 Å². The van der Waals surface area contributed by atoms with Gasteiger partial charge in [-0.05, 0) is 45.6 Å². The molecule has 0 saturated carbocycles. The second-order valence-electron chi connectivity index (χ2n) is 5.87. The summed E-state index contributed by atoms with van der Waals surface area (Å²) in [6, 6.07) is 7.16. The van der Waals surface area contributed by atoms with Crippen LogP contribution in [0.1, 0.15) is 43.9 Å². The van der Waals surface area contributed by atoms with Crippen LogP contribution in [-0.4, -0.2) is 26.4 Å². The van der Waals surface area contributed by atoms with Crippen molar-refractivity contribution in [2.24, 2.45) is 5.92 Å². The van der Waals surface area contributed by atoms with E-state index < -0.39 is 0 Å². The van der Waals surface area contributed by atoms with Crippen molar-refractivity contribution in [2.45, 2.75) is 45.7 Å². The van der Waals surface area contributed by atoms with Crippen LogP contribution < -0.4 is 10.1 Å². The van der Waals surface area contributed by atoms with Crippen molar-refractivity contribution >= 4 is 0 Å². The highest BCUT2D eigenvalue weighted by Gasteiger charge is 2.22. The van der Waals surface area contributed by atoms with Gasteiger partial charge in [-0.1, -0.05) is 17.7 Å². The Hall–Kier alpha value is -1.06. The first-order chi connectivity index (χ1) is 9.61. The average molecular weight is 277 g/mol. The first kappa shape index (κ1) is 15.3. The quantitative estimate of drug-likeness (QED) is 0.894. The summed E-state index contributed by atoms with van der Waals surface area (Å²) in [5.74, 6) is 1.68. The Labute approximate surface area is 122 Å². The summed E-state index contributed by atoms with van der Waals surface area (Å²) in [4.78, 5) is 0. The van der Waals surface area contributed by atoms with Crippen LogP contribution in [0, 0.1) is 12.8 Å². The molecule has 0 aliphatic carbocycles. The van der Waals surface area contributed by atoms with Gasteiger partial charge in [-0.25, -0.2) is 0 Å². The van der Waals surface area contributed by atoms with E-state index in [0.29, 0.717) is 18.0 Å². The van der Waals surface area contributed by atoms with Crippen LogP contribution in [0.4, 0.5) is 0 Å². The van der Waals surface area contributed by atoms with Gasteiger partial charge in [0.25, 0.3) is 0 Å². The first-order valence-electron chi connectivity index (χ1n) is 7.60. The molecule has 1 aliphatic rings. The SMILES string of the molecule is COc1ccc(C)cc1C(C)NC(C)C1CCOCC1. The lowest BCUT2D eigenvalue weighted by Gasteiger charge is -2.31. The van der Waals surface area contributed by atoms with Gasteiger partial charge in [0.15, 0.2) is 0 Å². The zero-order chi connectivity index (χ0) is 14.5. The Morgan fingerprint density at radius 1 is 1.25 bits per heavy atom. The van der Waals surface area contributed by atoms with Crippen LogP contribution in [-0.2, 0) is 4.74 Å². The van der Waals surface area contributed by atoms with E-state index in [1.165, 1.54) is 11.1 Å². The van der Waals surface area contributed by atoms with Crippen LogP contribution in [0.3, 0.4) is 0 Å². The van der Waals surface area contributed by atoms with E-state index in [-0.39, 0.29) is 0 Å². The van der Waals surface area contributed by atoms with Gasteiger partial charge in [-0.15, -0.1) is 0 Å². The first-order valence-corrected chi connectivity index (χ1v) is 7.60. The largest absolute Gasteiger partial charge is 0.496 e. The molecule has 1 aromatic carbocycles. The fourth-order valence-corrected chi connectivity index (χ4v) is 3.03. The molecule has 0 spiro atoms. The van der Waals surface area contributed by atoms with Gasteiger partial charge in [-0.3, -0.25) is 0 Å². The normalized spacial score (nSPS) is 19.6. The topological polar surface area (TPSA) is 30.5 Å². The molecule has 3 heteroatoms. The summed E-state index contributed by atoms with van der Waals surface area (Å²) >= 11 is 0. The Bertz CT molecular complexity index is 427. The zero-order valence-electron chi connectivity index (χ0n) is 13.1. The van der Waals surface area contributed by atoms with Gasteiger partial charge in [0, 0.05) is 30.9 Å². The molecule has 0 aromatic heterocycles. The molecule has 112 valence electrons. The fourth-order valence-electron chi connectivity index (χ4n) is 3.03. The van der Waals surface area contributed by atoms with E-state index in [2.05, 4.69) is 44.3 Å². The molecule has 1 aliphatic heterocycles. The third-order valence-corrected chi connectivity index (χ3v) is 4.34. The van der Waals surface area contributed by atoms with Gasteiger partial charge >= 0.3 is 0 Å². The molecule has 0 radical (unpaired) electrons. The number of aryl methyl sites for hydroxylation is 1.